The van der Waals surface area contributed by atoms with E-state index in [2.05, 4.69) is 19.7 Å². The molecule has 5 nitrogen and oxygen atoms in total. The van der Waals surface area contributed by atoms with Gasteiger partial charge in [-0.15, -0.1) is 0 Å². The minimum absolute atomic E-state index is 0.249. The van der Waals surface area contributed by atoms with Gasteiger partial charge in [-0.2, -0.15) is 5.10 Å². The van der Waals surface area contributed by atoms with E-state index in [1.807, 2.05) is 30.6 Å². The van der Waals surface area contributed by atoms with Crippen molar-refractivity contribution >= 4 is 5.91 Å². The van der Waals surface area contributed by atoms with Crippen molar-refractivity contribution in [2.75, 3.05) is 0 Å². The topological polar surface area (TPSA) is 51.0 Å². The predicted octanol–water partition coefficient (Wildman–Crippen LogP) is 2.22. The Hall–Kier alpha value is -2.17. The van der Waals surface area contributed by atoms with Crippen molar-refractivity contribution in [1.29, 1.82) is 0 Å². The van der Waals surface area contributed by atoms with Gasteiger partial charge in [0.2, 0.25) is 5.91 Å². The number of rotatable bonds is 3. The van der Waals surface area contributed by atoms with Gasteiger partial charge in [0.25, 0.3) is 0 Å². The van der Waals surface area contributed by atoms with Crippen LogP contribution in [0.5, 0.6) is 0 Å². The second-order valence-corrected chi connectivity index (χ2v) is 6.34. The molecule has 0 radical (unpaired) electrons. The molecule has 22 heavy (non-hydrogen) atoms. The van der Waals surface area contributed by atoms with E-state index in [9.17, 15) is 4.79 Å². The molecule has 0 N–H and O–H groups in total. The van der Waals surface area contributed by atoms with Gasteiger partial charge in [0.15, 0.2) is 0 Å². The number of carbonyl (C=O) groups is 1. The molecule has 2 unspecified atom stereocenters. The van der Waals surface area contributed by atoms with Gasteiger partial charge < -0.3 is 4.90 Å². The second kappa shape index (κ2) is 5.55. The first-order chi connectivity index (χ1) is 10.8. The molecule has 2 fully saturated rings. The van der Waals surface area contributed by atoms with Gasteiger partial charge >= 0.3 is 0 Å². The molecule has 0 saturated carbocycles. The molecule has 1 amide bonds. The van der Waals surface area contributed by atoms with Crippen molar-refractivity contribution in [1.82, 2.24) is 19.7 Å². The van der Waals surface area contributed by atoms with E-state index in [4.69, 9.17) is 0 Å². The van der Waals surface area contributed by atoms with Gasteiger partial charge in [-0.1, -0.05) is 6.07 Å². The molecular formula is C17H20N4O. The third-order valence-electron chi connectivity index (χ3n) is 4.97. The molecule has 0 spiro atoms. The number of hydrogen-bond acceptors (Lipinski definition) is 3. The van der Waals surface area contributed by atoms with Crippen LogP contribution in [-0.2, 0) is 11.2 Å². The van der Waals surface area contributed by atoms with Gasteiger partial charge in [-0.25, -0.2) is 0 Å². The number of fused-ring (bicyclic) bond motifs is 2. The highest BCUT2D eigenvalue weighted by Crippen LogP contribution is 2.40. The Kier molecular flexibility index (Phi) is 3.41. The molecule has 2 saturated heterocycles. The minimum atomic E-state index is 0.249. The van der Waals surface area contributed by atoms with Gasteiger partial charge in [0.05, 0.1) is 12.5 Å². The summed E-state index contributed by atoms with van der Waals surface area (Å²) in [5.74, 6) is 0.249. The van der Waals surface area contributed by atoms with Crippen molar-refractivity contribution in [2.24, 2.45) is 0 Å². The minimum Gasteiger partial charge on any atom is -0.336 e. The Morgan fingerprint density at radius 2 is 1.95 bits per heavy atom. The highest BCUT2D eigenvalue weighted by atomic mass is 16.2. The fraction of sp³-hybridized carbons (Fsp3) is 0.471. The number of pyridine rings is 1. The first kappa shape index (κ1) is 13.5. The zero-order chi connectivity index (χ0) is 14.9. The first-order valence-electron chi connectivity index (χ1n) is 8.00. The van der Waals surface area contributed by atoms with Gasteiger partial charge in [-0.3, -0.25) is 14.5 Å². The van der Waals surface area contributed by atoms with Crippen LogP contribution < -0.4 is 0 Å². The third-order valence-corrected chi connectivity index (χ3v) is 4.97. The molecule has 5 heteroatoms. The SMILES string of the molecule is O=C(Cc1cccnc1)N1C2CCC1CC(n1cccn1)C2. The highest BCUT2D eigenvalue weighted by Gasteiger charge is 2.43. The lowest BCUT2D eigenvalue weighted by Gasteiger charge is -2.39. The van der Waals surface area contributed by atoms with Crippen LogP contribution in [0.1, 0.15) is 37.3 Å². The van der Waals surface area contributed by atoms with Crippen LogP contribution in [0, 0.1) is 0 Å². The number of nitrogens with zero attached hydrogens (tertiary/aromatic N) is 4. The van der Waals surface area contributed by atoms with Crippen LogP contribution in [-0.4, -0.2) is 37.7 Å². The summed E-state index contributed by atoms with van der Waals surface area (Å²) in [5, 5.41) is 4.38. The molecule has 114 valence electrons. The van der Waals surface area contributed by atoms with Crippen molar-refractivity contribution < 1.29 is 4.79 Å². The molecule has 2 aromatic heterocycles. The zero-order valence-electron chi connectivity index (χ0n) is 12.5. The van der Waals surface area contributed by atoms with E-state index in [1.54, 1.807) is 12.4 Å². The molecule has 4 heterocycles. The number of carbonyl (C=O) groups excluding carboxylic acids is 1. The largest absolute Gasteiger partial charge is 0.336 e. The molecule has 2 aliphatic rings. The Morgan fingerprint density at radius 3 is 2.59 bits per heavy atom. The molecular weight excluding hydrogens is 276 g/mol. The Morgan fingerprint density at radius 1 is 1.14 bits per heavy atom. The maximum atomic E-state index is 12.7. The maximum Gasteiger partial charge on any atom is 0.227 e. The van der Waals surface area contributed by atoms with E-state index < -0.39 is 0 Å². The summed E-state index contributed by atoms with van der Waals surface area (Å²) in [6.45, 7) is 0. The van der Waals surface area contributed by atoms with E-state index in [0.717, 1.165) is 31.2 Å². The predicted molar refractivity (Wildman–Crippen MR) is 82.1 cm³/mol. The first-order valence-corrected chi connectivity index (χ1v) is 8.00. The van der Waals surface area contributed by atoms with Crippen LogP contribution in [0.3, 0.4) is 0 Å². The molecule has 2 aromatic rings. The van der Waals surface area contributed by atoms with E-state index >= 15 is 0 Å². The van der Waals surface area contributed by atoms with Gasteiger partial charge in [-0.05, 0) is 43.4 Å². The molecule has 2 aliphatic heterocycles. The normalized spacial score (nSPS) is 27.1. The summed E-state index contributed by atoms with van der Waals surface area (Å²) < 4.78 is 2.06. The highest BCUT2D eigenvalue weighted by molar-refractivity contribution is 5.79. The van der Waals surface area contributed by atoms with E-state index in [-0.39, 0.29) is 5.91 Å². The lowest BCUT2D eigenvalue weighted by molar-refractivity contribution is -0.135. The van der Waals surface area contributed by atoms with E-state index in [1.165, 1.54) is 0 Å². The molecule has 2 bridgehead atoms. The fourth-order valence-corrected chi connectivity index (χ4v) is 4.04. The number of piperidine rings is 1. The summed E-state index contributed by atoms with van der Waals surface area (Å²) in [4.78, 5) is 18.9. The van der Waals surface area contributed by atoms with Crippen molar-refractivity contribution in [2.45, 2.75) is 50.2 Å². The van der Waals surface area contributed by atoms with E-state index in [0.29, 0.717) is 24.5 Å². The van der Waals surface area contributed by atoms with Crippen LogP contribution in [0.25, 0.3) is 0 Å². The summed E-state index contributed by atoms with van der Waals surface area (Å²) in [6.07, 6.45) is 12.2. The quantitative estimate of drug-likeness (QED) is 0.872. The monoisotopic (exact) mass is 296 g/mol. The molecule has 0 aromatic carbocycles. The lowest BCUT2D eigenvalue weighted by atomic mass is 9.96. The Bertz CT molecular complexity index is 626. The average Bonchev–Trinajstić information content (AvgIpc) is 3.15. The molecule has 0 aliphatic carbocycles. The standard InChI is InChI=1S/C17H20N4O/c22-17(9-13-3-1-6-18-12-13)21-14-4-5-15(21)11-16(10-14)20-8-2-7-19-20/h1-3,6-8,12,14-16H,4-5,9-11H2. The number of hydrogen-bond donors (Lipinski definition) is 0. The summed E-state index contributed by atoms with van der Waals surface area (Å²) >= 11 is 0. The molecule has 2 atom stereocenters. The van der Waals surface area contributed by atoms with Crippen LogP contribution in [0.2, 0.25) is 0 Å². The van der Waals surface area contributed by atoms with Crippen molar-refractivity contribution in [3.63, 3.8) is 0 Å². The van der Waals surface area contributed by atoms with Gasteiger partial charge in [0, 0.05) is 36.9 Å². The van der Waals surface area contributed by atoms with Gasteiger partial charge in [0.1, 0.15) is 0 Å². The smallest absolute Gasteiger partial charge is 0.227 e. The lowest BCUT2D eigenvalue weighted by Crippen LogP contribution is -2.47. The summed E-state index contributed by atoms with van der Waals surface area (Å²) in [5.41, 5.74) is 1.00. The molecule has 4 rings (SSSR count). The zero-order valence-corrected chi connectivity index (χ0v) is 12.5. The number of aromatic nitrogens is 3. The maximum absolute atomic E-state index is 12.7. The van der Waals surface area contributed by atoms with Crippen LogP contribution in [0.15, 0.2) is 43.0 Å². The van der Waals surface area contributed by atoms with Crippen molar-refractivity contribution in [3.05, 3.63) is 48.5 Å². The van der Waals surface area contributed by atoms with Crippen molar-refractivity contribution in [3.8, 4) is 0 Å². The third kappa shape index (κ3) is 2.40. The second-order valence-electron chi connectivity index (χ2n) is 6.34. The Balaban J connectivity index is 1.47. The average molecular weight is 296 g/mol. The summed E-state index contributed by atoms with van der Waals surface area (Å²) in [7, 11) is 0. The van der Waals surface area contributed by atoms with Crippen LogP contribution >= 0.6 is 0 Å². The summed E-state index contributed by atoms with van der Waals surface area (Å²) in [6, 6.07) is 7.02. The van der Waals surface area contributed by atoms with Crippen LogP contribution in [0.4, 0.5) is 0 Å². The number of amides is 1. The Labute approximate surface area is 130 Å². The fourth-order valence-electron chi connectivity index (χ4n) is 4.04.